The lowest BCUT2D eigenvalue weighted by Crippen LogP contribution is -2.37. The van der Waals surface area contributed by atoms with Crippen molar-refractivity contribution in [1.82, 2.24) is 0 Å². The summed E-state index contributed by atoms with van der Waals surface area (Å²) >= 11 is 4.16. The van der Waals surface area contributed by atoms with Gasteiger partial charge in [-0.25, -0.2) is 0 Å². The van der Waals surface area contributed by atoms with Crippen molar-refractivity contribution in [1.29, 1.82) is 0 Å². The monoisotopic (exact) mass is 384 g/mol. The lowest BCUT2D eigenvalue weighted by molar-refractivity contribution is -0.171. The largest absolute Gasteiger partial charge is 0.380 e. The SMILES string of the molecule is O[C@@H]1CC(I)CC([C@H](O)I)O1. The number of hydrogen-bond donors (Lipinski definition) is 2. The highest BCUT2D eigenvalue weighted by molar-refractivity contribution is 14.1. The summed E-state index contributed by atoms with van der Waals surface area (Å²) in [5, 5.41) is 18.3. The predicted octanol–water partition coefficient (Wildman–Crippen LogP) is 1.04. The Balaban J connectivity index is 2.43. The molecular weight excluding hydrogens is 374 g/mol. The molecule has 0 aromatic rings. The first kappa shape index (κ1) is 10.4. The van der Waals surface area contributed by atoms with Crippen LogP contribution >= 0.6 is 45.2 Å². The standard InChI is InChI=1S/C6H10I2O3/c7-3-1-4(6(8)10)11-5(9)2-3/h3-6,9-10H,1-2H2/t3?,4?,5-,6-/m0/s1. The van der Waals surface area contributed by atoms with E-state index in [-0.39, 0.29) is 6.10 Å². The van der Waals surface area contributed by atoms with Crippen LogP contribution in [0.4, 0.5) is 0 Å². The Labute approximate surface area is 92.8 Å². The van der Waals surface area contributed by atoms with Gasteiger partial charge in [-0.2, -0.15) is 0 Å². The van der Waals surface area contributed by atoms with Gasteiger partial charge in [-0.15, -0.1) is 0 Å². The van der Waals surface area contributed by atoms with Gasteiger partial charge in [-0.3, -0.25) is 0 Å². The molecule has 0 amide bonds. The fourth-order valence-electron chi connectivity index (χ4n) is 1.06. The Morgan fingerprint density at radius 2 is 2.09 bits per heavy atom. The van der Waals surface area contributed by atoms with Gasteiger partial charge in [0.25, 0.3) is 0 Å². The second kappa shape index (κ2) is 4.54. The van der Waals surface area contributed by atoms with E-state index in [9.17, 15) is 0 Å². The van der Waals surface area contributed by atoms with Crippen molar-refractivity contribution in [3.05, 3.63) is 0 Å². The number of halogens is 2. The zero-order chi connectivity index (χ0) is 8.43. The maximum absolute atomic E-state index is 9.16. The third-order valence-electron chi connectivity index (χ3n) is 1.58. The van der Waals surface area contributed by atoms with Gasteiger partial charge in [0.2, 0.25) is 0 Å². The highest BCUT2D eigenvalue weighted by Gasteiger charge is 2.30. The number of hydrogen-bond acceptors (Lipinski definition) is 3. The van der Waals surface area contributed by atoms with Gasteiger partial charge in [0.05, 0.1) is 6.10 Å². The van der Waals surface area contributed by atoms with E-state index in [1.165, 1.54) is 0 Å². The van der Waals surface area contributed by atoms with Crippen molar-refractivity contribution in [2.24, 2.45) is 0 Å². The molecule has 1 heterocycles. The molecule has 1 aliphatic rings. The molecule has 1 rings (SSSR count). The molecule has 1 fully saturated rings. The molecule has 3 nitrogen and oxygen atoms in total. The Hall–Kier alpha value is 1.34. The molecule has 0 aromatic carbocycles. The molecule has 0 saturated carbocycles. The molecule has 11 heavy (non-hydrogen) atoms. The van der Waals surface area contributed by atoms with Crippen LogP contribution < -0.4 is 0 Å². The van der Waals surface area contributed by atoms with E-state index in [2.05, 4.69) is 22.6 Å². The number of alkyl halides is 2. The lowest BCUT2D eigenvalue weighted by atomic mass is 10.1. The minimum Gasteiger partial charge on any atom is -0.380 e. The highest BCUT2D eigenvalue weighted by Crippen LogP contribution is 2.27. The average Bonchev–Trinajstić information content (AvgIpc) is 1.85. The van der Waals surface area contributed by atoms with Crippen molar-refractivity contribution in [3.63, 3.8) is 0 Å². The van der Waals surface area contributed by atoms with Gasteiger partial charge in [0.1, 0.15) is 4.11 Å². The minimum absolute atomic E-state index is 0.207. The predicted molar refractivity (Wildman–Crippen MR) is 57.9 cm³/mol. The van der Waals surface area contributed by atoms with Crippen LogP contribution in [0.5, 0.6) is 0 Å². The lowest BCUT2D eigenvalue weighted by Gasteiger charge is -2.31. The van der Waals surface area contributed by atoms with E-state index in [4.69, 9.17) is 14.9 Å². The molecule has 0 aromatic heterocycles. The van der Waals surface area contributed by atoms with E-state index < -0.39 is 10.4 Å². The summed E-state index contributed by atoms with van der Waals surface area (Å²) < 4.78 is 5.01. The number of aliphatic hydroxyl groups is 2. The molecule has 1 aliphatic heterocycles. The smallest absolute Gasteiger partial charge is 0.156 e. The quantitative estimate of drug-likeness (QED) is 0.525. The van der Waals surface area contributed by atoms with E-state index in [0.29, 0.717) is 10.3 Å². The first-order valence-electron chi connectivity index (χ1n) is 3.39. The van der Waals surface area contributed by atoms with Gasteiger partial charge in [0, 0.05) is 10.3 Å². The molecule has 0 radical (unpaired) electrons. The van der Waals surface area contributed by atoms with Crippen LogP contribution in [0, 0.1) is 0 Å². The number of ether oxygens (including phenoxy) is 1. The van der Waals surface area contributed by atoms with Crippen molar-refractivity contribution < 1.29 is 14.9 Å². The Morgan fingerprint density at radius 1 is 1.45 bits per heavy atom. The summed E-state index contributed by atoms with van der Waals surface area (Å²) in [4.78, 5) is 0. The normalized spacial score (nSPS) is 42.0. The Kier molecular flexibility index (Phi) is 4.30. The maximum Gasteiger partial charge on any atom is 0.156 e. The number of aliphatic hydroxyl groups excluding tert-OH is 2. The van der Waals surface area contributed by atoms with E-state index in [1.807, 2.05) is 22.6 Å². The third kappa shape index (κ3) is 3.29. The van der Waals surface area contributed by atoms with Crippen LogP contribution in [0.2, 0.25) is 0 Å². The molecule has 5 heteroatoms. The fourth-order valence-corrected chi connectivity index (χ4v) is 2.46. The van der Waals surface area contributed by atoms with Crippen LogP contribution in [-0.2, 0) is 4.74 Å². The minimum atomic E-state index is -0.694. The molecule has 0 spiro atoms. The maximum atomic E-state index is 9.16. The fraction of sp³-hybridized carbons (Fsp3) is 1.00. The second-order valence-corrected chi connectivity index (χ2v) is 5.61. The third-order valence-corrected chi connectivity index (χ3v) is 3.40. The molecule has 2 unspecified atom stereocenters. The Morgan fingerprint density at radius 3 is 2.55 bits per heavy atom. The van der Waals surface area contributed by atoms with Crippen molar-refractivity contribution in [2.75, 3.05) is 0 Å². The Bertz CT molecular complexity index is 121. The van der Waals surface area contributed by atoms with Gasteiger partial charge in [-0.1, -0.05) is 22.6 Å². The summed E-state index contributed by atoms with van der Waals surface area (Å²) in [6, 6.07) is 0. The van der Waals surface area contributed by atoms with Crippen molar-refractivity contribution in [2.45, 2.75) is 33.3 Å². The highest BCUT2D eigenvalue weighted by atomic mass is 127. The van der Waals surface area contributed by atoms with Crippen LogP contribution in [0.3, 0.4) is 0 Å². The van der Waals surface area contributed by atoms with E-state index in [0.717, 1.165) is 6.42 Å². The van der Waals surface area contributed by atoms with Gasteiger partial charge in [0.15, 0.2) is 6.29 Å². The second-order valence-electron chi connectivity index (χ2n) is 2.57. The summed E-state index contributed by atoms with van der Waals surface area (Å²) in [5.41, 5.74) is 0. The van der Waals surface area contributed by atoms with Gasteiger partial charge in [-0.05, 0) is 29.0 Å². The summed E-state index contributed by atoms with van der Waals surface area (Å²) in [5.74, 6) is 0. The van der Waals surface area contributed by atoms with Crippen molar-refractivity contribution >= 4 is 45.2 Å². The molecule has 2 N–H and O–H groups in total. The molecule has 0 aliphatic carbocycles. The average molecular weight is 384 g/mol. The summed E-state index contributed by atoms with van der Waals surface area (Å²) in [6.07, 6.45) is 0.587. The first-order valence-corrected chi connectivity index (χ1v) is 5.88. The van der Waals surface area contributed by atoms with Crippen LogP contribution in [-0.4, -0.2) is 30.6 Å². The number of rotatable bonds is 1. The van der Waals surface area contributed by atoms with Gasteiger partial charge >= 0.3 is 0 Å². The topological polar surface area (TPSA) is 49.7 Å². The molecule has 1 saturated heterocycles. The summed E-state index contributed by atoms with van der Waals surface area (Å²) in [7, 11) is 0. The molecule has 4 atom stereocenters. The molecule has 66 valence electrons. The van der Waals surface area contributed by atoms with Crippen LogP contribution in [0.15, 0.2) is 0 Å². The van der Waals surface area contributed by atoms with Crippen LogP contribution in [0.25, 0.3) is 0 Å². The molecule has 0 bridgehead atoms. The van der Waals surface area contributed by atoms with Gasteiger partial charge < -0.3 is 14.9 Å². The zero-order valence-corrected chi connectivity index (χ0v) is 10.1. The van der Waals surface area contributed by atoms with E-state index >= 15 is 0 Å². The molecular formula is C6H10I2O3. The van der Waals surface area contributed by atoms with E-state index in [1.54, 1.807) is 0 Å². The van der Waals surface area contributed by atoms with Crippen molar-refractivity contribution in [3.8, 4) is 0 Å². The summed E-state index contributed by atoms with van der Waals surface area (Å²) in [6.45, 7) is 0. The first-order chi connectivity index (χ1) is 5.09. The van der Waals surface area contributed by atoms with Crippen LogP contribution in [0.1, 0.15) is 12.8 Å². The zero-order valence-electron chi connectivity index (χ0n) is 5.78.